The van der Waals surface area contributed by atoms with E-state index in [4.69, 9.17) is 0 Å². The van der Waals surface area contributed by atoms with E-state index in [1.54, 1.807) is 6.92 Å². The van der Waals surface area contributed by atoms with Crippen LogP contribution in [0.25, 0.3) is 0 Å². The van der Waals surface area contributed by atoms with Crippen LogP contribution in [0, 0.1) is 6.92 Å². The number of hydrogen-bond donors (Lipinski definition) is 2. The molecule has 1 aromatic carbocycles. The molecule has 2 aromatic rings. The number of nitrogens with zero attached hydrogens (tertiary/aromatic N) is 1. The van der Waals surface area contributed by atoms with E-state index in [9.17, 15) is 5.11 Å². The molecular formula is C13H16N2O. The quantitative estimate of drug-likeness (QED) is 0.827. The molecule has 3 heteroatoms. The number of benzene rings is 1. The highest BCUT2D eigenvalue weighted by Gasteiger charge is 2.12. The number of nitrogens with one attached hydrogen (secondary N) is 1. The number of aromatic nitrogens is 2. The van der Waals surface area contributed by atoms with Gasteiger partial charge in [0.15, 0.2) is 0 Å². The fourth-order valence-corrected chi connectivity index (χ4v) is 1.84. The molecule has 0 saturated carbocycles. The molecule has 1 heterocycles. The van der Waals surface area contributed by atoms with Crippen LogP contribution >= 0.6 is 0 Å². The van der Waals surface area contributed by atoms with E-state index in [-0.39, 0.29) is 0 Å². The van der Waals surface area contributed by atoms with Crippen LogP contribution in [0.2, 0.25) is 0 Å². The summed E-state index contributed by atoms with van der Waals surface area (Å²) in [6.45, 7) is 3.64. The molecule has 2 rings (SSSR count). The molecule has 84 valence electrons. The Morgan fingerprint density at radius 3 is 2.62 bits per heavy atom. The van der Waals surface area contributed by atoms with E-state index in [1.165, 1.54) is 5.56 Å². The summed E-state index contributed by atoms with van der Waals surface area (Å²) >= 11 is 0. The van der Waals surface area contributed by atoms with Crippen LogP contribution in [0.5, 0.6) is 0 Å². The molecule has 0 saturated heterocycles. The summed E-state index contributed by atoms with van der Waals surface area (Å²) in [4.78, 5) is 7.50. The van der Waals surface area contributed by atoms with E-state index >= 15 is 0 Å². The molecule has 3 nitrogen and oxygen atoms in total. The normalized spacial score (nSPS) is 12.7. The highest BCUT2D eigenvalue weighted by Crippen LogP contribution is 2.18. The molecule has 1 aromatic heterocycles. The third kappa shape index (κ3) is 2.31. The Kier molecular flexibility index (Phi) is 3.06. The standard InChI is InChI=1S/C13H16N2O/c1-9(16)13-12(14-10(2)15-13)8-11-6-4-3-5-7-11/h3-7,9,16H,8H2,1-2H3,(H,14,15). The number of H-pyrrole nitrogens is 1. The molecule has 0 aliphatic rings. The van der Waals surface area contributed by atoms with E-state index in [0.717, 1.165) is 23.6 Å². The van der Waals surface area contributed by atoms with Crippen LogP contribution in [0.15, 0.2) is 30.3 Å². The largest absolute Gasteiger partial charge is 0.387 e. The fraction of sp³-hybridized carbons (Fsp3) is 0.308. The van der Waals surface area contributed by atoms with E-state index in [0.29, 0.717) is 0 Å². The number of aliphatic hydroxyl groups is 1. The van der Waals surface area contributed by atoms with Crippen molar-refractivity contribution in [1.82, 2.24) is 9.97 Å². The Bertz CT molecular complexity index is 460. The number of aryl methyl sites for hydroxylation is 1. The van der Waals surface area contributed by atoms with Gasteiger partial charge in [-0.15, -0.1) is 0 Å². The third-order valence-corrected chi connectivity index (χ3v) is 2.55. The van der Waals surface area contributed by atoms with Crippen molar-refractivity contribution in [2.24, 2.45) is 0 Å². The lowest BCUT2D eigenvalue weighted by atomic mass is 10.1. The molecule has 1 atom stereocenters. The van der Waals surface area contributed by atoms with Gasteiger partial charge >= 0.3 is 0 Å². The number of imidazole rings is 1. The van der Waals surface area contributed by atoms with Gasteiger partial charge in [-0.3, -0.25) is 0 Å². The van der Waals surface area contributed by atoms with Gasteiger partial charge in [0.25, 0.3) is 0 Å². The van der Waals surface area contributed by atoms with Crippen molar-refractivity contribution in [2.45, 2.75) is 26.4 Å². The van der Waals surface area contributed by atoms with Crippen LogP contribution in [0.4, 0.5) is 0 Å². The molecule has 0 spiro atoms. The molecule has 2 N–H and O–H groups in total. The zero-order chi connectivity index (χ0) is 11.5. The molecule has 0 amide bonds. The second kappa shape index (κ2) is 4.49. The van der Waals surface area contributed by atoms with Crippen molar-refractivity contribution < 1.29 is 5.11 Å². The minimum atomic E-state index is -0.524. The second-order valence-electron chi connectivity index (χ2n) is 4.02. The van der Waals surface area contributed by atoms with E-state index < -0.39 is 6.10 Å². The lowest BCUT2D eigenvalue weighted by Gasteiger charge is -2.04. The molecule has 0 bridgehead atoms. The Balaban J connectivity index is 2.28. The Hall–Kier alpha value is -1.61. The third-order valence-electron chi connectivity index (χ3n) is 2.55. The Morgan fingerprint density at radius 1 is 1.31 bits per heavy atom. The van der Waals surface area contributed by atoms with Gasteiger partial charge in [0.2, 0.25) is 0 Å². The second-order valence-corrected chi connectivity index (χ2v) is 4.02. The van der Waals surface area contributed by atoms with Gasteiger partial charge in [-0.05, 0) is 19.4 Å². The van der Waals surface area contributed by atoms with Crippen LogP contribution in [0.1, 0.15) is 35.8 Å². The summed E-state index contributed by atoms with van der Waals surface area (Å²) in [5.74, 6) is 0.849. The molecule has 0 fully saturated rings. The molecular weight excluding hydrogens is 200 g/mol. The Morgan fingerprint density at radius 2 is 2.00 bits per heavy atom. The first kappa shape index (κ1) is 10.9. The van der Waals surface area contributed by atoms with E-state index in [2.05, 4.69) is 22.1 Å². The van der Waals surface area contributed by atoms with Crippen molar-refractivity contribution in [3.63, 3.8) is 0 Å². The molecule has 0 radical (unpaired) electrons. The molecule has 0 aliphatic heterocycles. The van der Waals surface area contributed by atoms with Crippen LogP contribution in [-0.2, 0) is 6.42 Å². The minimum absolute atomic E-state index is 0.524. The zero-order valence-corrected chi connectivity index (χ0v) is 9.57. The smallest absolute Gasteiger partial charge is 0.103 e. The number of aromatic amines is 1. The molecule has 0 aliphatic carbocycles. The summed E-state index contributed by atoms with van der Waals surface area (Å²) in [5, 5.41) is 9.61. The summed E-state index contributed by atoms with van der Waals surface area (Å²) in [6.07, 6.45) is 0.255. The summed E-state index contributed by atoms with van der Waals surface area (Å²) in [5.41, 5.74) is 2.97. The van der Waals surface area contributed by atoms with E-state index in [1.807, 2.05) is 25.1 Å². The SMILES string of the molecule is Cc1nc(C(C)O)c(Cc2ccccc2)[nH]1. The lowest BCUT2D eigenvalue weighted by Crippen LogP contribution is -1.98. The fourth-order valence-electron chi connectivity index (χ4n) is 1.84. The molecule has 1 unspecified atom stereocenters. The highest BCUT2D eigenvalue weighted by molar-refractivity contribution is 5.26. The average molecular weight is 216 g/mol. The summed E-state index contributed by atoms with van der Waals surface area (Å²) in [7, 11) is 0. The number of hydrogen-bond acceptors (Lipinski definition) is 2. The number of rotatable bonds is 3. The predicted molar refractivity (Wildman–Crippen MR) is 63.2 cm³/mol. The zero-order valence-electron chi connectivity index (χ0n) is 9.57. The minimum Gasteiger partial charge on any atom is -0.387 e. The van der Waals surface area contributed by atoms with Gasteiger partial charge < -0.3 is 10.1 Å². The topological polar surface area (TPSA) is 48.9 Å². The van der Waals surface area contributed by atoms with Crippen molar-refractivity contribution in [1.29, 1.82) is 0 Å². The van der Waals surface area contributed by atoms with Crippen molar-refractivity contribution in [3.8, 4) is 0 Å². The predicted octanol–water partition coefficient (Wildman–Crippen LogP) is 2.36. The van der Waals surface area contributed by atoms with Crippen molar-refractivity contribution in [2.75, 3.05) is 0 Å². The van der Waals surface area contributed by atoms with Crippen molar-refractivity contribution >= 4 is 0 Å². The highest BCUT2D eigenvalue weighted by atomic mass is 16.3. The van der Waals surface area contributed by atoms with Crippen LogP contribution in [-0.4, -0.2) is 15.1 Å². The van der Waals surface area contributed by atoms with Gasteiger partial charge in [-0.25, -0.2) is 4.98 Å². The first-order valence-corrected chi connectivity index (χ1v) is 5.44. The summed E-state index contributed by atoms with van der Waals surface area (Å²) in [6, 6.07) is 10.2. The van der Waals surface area contributed by atoms with Gasteiger partial charge in [0.05, 0.1) is 11.8 Å². The Labute approximate surface area is 95.2 Å². The van der Waals surface area contributed by atoms with Crippen molar-refractivity contribution in [3.05, 3.63) is 53.1 Å². The first-order chi connectivity index (χ1) is 7.66. The van der Waals surface area contributed by atoms with Gasteiger partial charge in [0, 0.05) is 12.1 Å². The maximum absolute atomic E-state index is 9.61. The summed E-state index contributed by atoms with van der Waals surface area (Å²) < 4.78 is 0. The maximum Gasteiger partial charge on any atom is 0.103 e. The van der Waals surface area contributed by atoms with Gasteiger partial charge in [-0.2, -0.15) is 0 Å². The average Bonchev–Trinajstić information content (AvgIpc) is 2.61. The monoisotopic (exact) mass is 216 g/mol. The van der Waals surface area contributed by atoms with Gasteiger partial charge in [-0.1, -0.05) is 30.3 Å². The van der Waals surface area contributed by atoms with Crippen LogP contribution in [0.3, 0.4) is 0 Å². The van der Waals surface area contributed by atoms with Crippen LogP contribution < -0.4 is 0 Å². The van der Waals surface area contributed by atoms with Gasteiger partial charge in [0.1, 0.15) is 5.82 Å². The lowest BCUT2D eigenvalue weighted by molar-refractivity contribution is 0.193. The number of aliphatic hydroxyl groups excluding tert-OH is 1. The maximum atomic E-state index is 9.61. The molecule has 16 heavy (non-hydrogen) atoms. The first-order valence-electron chi connectivity index (χ1n) is 5.44.